The zero-order chi connectivity index (χ0) is 22.0. The van der Waals surface area contributed by atoms with Crippen molar-refractivity contribution in [1.29, 1.82) is 0 Å². The summed E-state index contributed by atoms with van der Waals surface area (Å²) < 4.78 is 0. The van der Waals surface area contributed by atoms with Gasteiger partial charge in [-0.25, -0.2) is 4.98 Å². The van der Waals surface area contributed by atoms with Crippen LogP contribution in [0.1, 0.15) is 36.7 Å². The van der Waals surface area contributed by atoms with Crippen molar-refractivity contribution in [1.82, 2.24) is 20.3 Å². The second kappa shape index (κ2) is 8.90. The van der Waals surface area contributed by atoms with Crippen molar-refractivity contribution in [3.05, 3.63) is 65.6 Å². The third-order valence-electron chi connectivity index (χ3n) is 5.56. The van der Waals surface area contributed by atoms with Crippen LogP contribution in [0, 0.1) is 13.8 Å². The smallest absolute Gasteiger partial charge is 0.125 e. The summed E-state index contributed by atoms with van der Waals surface area (Å²) in [7, 11) is 1.95. The maximum absolute atomic E-state index is 4.58. The molecule has 0 radical (unpaired) electrons. The van der Waals surface area contributed by atoms with Crippen LogP contribution >= 0.6 is 0 Å². The van der Waals surface area contributed by atoms with Crippen molar-refractivity contribution in [2.45, 2.75) is 33.6 Å². The highest BCUT2D eigenvalue weighted by Gasteiger charge is 2.17. The molecule has 0 saturated carbocycles. The molecule has 3 aromatic heterocycles. The summed E-state index contributed by atoms with van der Waals surface area (Å²) in [4.78, 5) is 12.8. The van der Waals surface area contributed by atoms with E-state index in [-0.39, 0.29) is 0 Å². The maximum atomic E-state index is 4.58. The van der Waals surface area contributed by atoms with E-state index in [4.69, 9.17) is 0 Å². The molecule has 4 aromatic rings. The Morgan fingerprint density at radius 2 is 1.65 bits per heavy atom. The molecule has 0 bridgehead atoms. The van der Waals surface area contributed by atoms with Crippen molar-refractivity contribution in [2.24, 2.45) is 0 Å². The summed E-state index contributed by atoms with van der Waals surface area (Å²) in [5.74, 6) is 1.29. The molecule has 0 aliphatic carbocycles. The number of hydrogen-bond donors (Lipinski definition) is 3. The van der Waals surface area contributed by atoms with Gasteiger partial charge in [0.05, 0.1) is 5.69 Å². The largest absolute Gasteiger partial charge is 0.369 e. The van der Waals surface area contributed by atoms with Gasteiger partial charge in [0.1, 0.15) is 5.82 Å². The fraction of sp³-hybridized carbons (Fsp3) is 0.308. The van der Waals surface area contributed by atoms with Crippen LogP contribution in [-0.2, 0) is 0 Å². The molecule has 4 rings (SSSR count). The van der Waals surface area contributed by atoms with Crippen molar-refractivity contribution in [3.8, 4) is 22.4 Å². The van der Waals surface area contributed by atoms with E-state index < -0.39 is 0 Å². The standard InChI is InChI=1S/C26H31N5/c1-16(2)25-22-14-19(20-7-9-24(29-15-20)28-11-10-27-5)6-8-23(22)31-26(25)21-12-17(3)30-18(4)13-21/h6-9,12-16,27,31H,10-11H2,1-5H3,(H,28,29). The molecule has 5 nitrogen and oxygen atoms in total. The van der Waals surface area contributed by atoms with E-state index in [1.54, 1.807) is 0 Å². The summed E-state index contributed by atoms with van der Waals surface area (Å²) in [6.45, 7) is 10.4. The predicted octanol–water partition coefficient (Wildman–Crippen LogP) is 5.66. The average molecular weight is 414 g/mol. The first kappa shape index (κ1) is 21.1. The fourth-order valence-corrected chi connectivity index (χ4v) is 4.18. The molecule has 3 heterocycles. The number of nitrogens with zero attached hydrogens (tertiary/aromatic N) is 2. The number of nitrogens with one attached hydrogen (secondary N) is 3. The van der Waals surface area contributed by atoms with Crippen LogP contribution in [0.25, 0.3) is 33.3 Å². The molecular weight excluding hydrogens is 382 g/mol. The van der Waals surface area contributed by atoms with E-state index in [0.29, 0.717) is 5.92 Å². The molecule has 31 heavy (non-hydrogen) atoms. The maximum Gasteiger partial charge on any atom is 0.125 e. The molecule has 160 valence electrons. The molecule has 0 saturated heterocycles. The Hall–Kier alpha value is -3.18. The predicted molar refractivity (Wildman–Crippen MR) is 131 cm³/mol. The number of anilines is 1. The Balaban J connectivity index is 1.74. The molecule has 0 amide bonds. The van der Waals surface area contributed by atoms with Crippen LogP contribution in [0.3, 0.4) is 0 Å². The zero-order valence-electron chi connectivity index (χ0n) is 19.0. The van der Waals surface area contributed by atoms with Crippen molar-refractivity contribution in [2.75, 3.05) is 25.5 Å². The summed E-state index contributed by atoms with van der Waals surface area (Å²) in [5.41, 5.74) is 9.28. The lowest BCUT2D eigenvalue weighted by Gasteiger charge is -2.10. The molecule has 0 unspecified atom stereocenters. The van der Waals surface area contributed by atoms with Gasteiger partial charge in [0, 0.05) is 52.7 Å². The van der Waals surface area contributed by atoms with Gasteiger partial charge in [-0.05, 0) is 74.3 Å². The van der Waals surface area contributed by atoms with Crippen LogP contribution in [0.5, 0.6) is 0 Å². The van der Waals surface area contributed by atoms with E-state index in [9.17, 15) is 0 Å². The van der Waals surface area contributed by atoms with Gasteiger partial charge in [0.2, 0.25) is 0 Å². The van der Waals surface area contributed by atoms with Gasteiger partial charge in [-0.3, -0.25) is 4.98 Å². The van der Waals surface area contributed by atoms with Crippen LogP contribution in [-0.4, -0.2) is 35.1 Å². The van der Waals surface area contributed by atoms with Crippen LogP contribution < -0.4 is 10.6 Å². The van der Waals surface area contributed by atoms with E-state index in [0.717, 1.165) is 41.4 Å². The van der Waals surface area contributed by atoms with Gasteiger partial charge in [-0.15, -0.1) is 0 Å². The summed E-state index contributed by atoms with van der Waals surface area (Å²) >= 11 is 0. The van der Waals surface area contributed by atoms with E-state index in [2.05, 4.69) is 89.7 Å². The molecule has 0 fully saturated rings. The van der Waals surface area contributed by atoms with Gasteiger partial charge >= 0.3 is 0 Å². The van der Waals surface area contributed by atoms with Gasteiger partial charge in [0.15, 0.2) is 0 Å². The van der Waals surface area contributed by atoms with Gasteiger partial charge in [0.25, 0.3) is 0 Å². The SMILES string of the molecule is CNCCNc1ccc(-c2ccc3[nH]c(-c4cc(C)nc(C)c4)c(C(C)C)c3c2)cn1. The molecule has 5 heteroatoms. The second-order valence-corrected chi connectivity index (χ2v) is 8.43. The number of rotatable bonds is 7. The minimum Gasteiger partial charge on any atom is -0.369 e. The van der Waals surface area contributed by atoms with Crippen molar-refractivity contribution >= 4 is 16.7 Å². The summed E-state index contributed by atoms with van der Waals surface area (Å²) in [6.07, 6.45) is 1.95. The molecule has 3 N–H and O–H groups in total. The van der Waals surface area contributed by atoms with Gasteiger partial charge in [-0.2, -0.15) is 0 Å². The van der Waals surface area contributed by atoms with Crippen LogP contribution in [0.15, 0.2) is 48.7 Å². The highest BCUT2D eigenvalue weighted by Crippen LogP contribution is 2.37. The highest BCUT2D eigenvalue weighted by atomic mass is 15.0. The molecule has 0 spiro atoms. The lowest BCUT2D eigenvalue weighted by Crippen LogP contribution is -2.18. The Morgan fingerprint density at radius 1 is 0.903 bits per heavy atom. The highest BCUT2D eigenvalue weighted by molar-refractivity contribution is 5.94. The number of pyridine rings is 2. The number of aromatic nitrogens is 3. The Morgan fingerprint density at radius 3 is 2.29 bits per heavy atom. The third kappa shape index (κ3) is 4.47. The third-order valence-corrected chi connectivity index (χ3v) is 5.56. The first-order valence-electron chi connectivity index (χ1n) is 10.9. The average Bonchev–Trinajstić information content (AvgIpc) is 3.13. The number of fused-ring (bicyclic) bond motifs is 1. The van der Waals surface area contributed by atoms with Gasteiger partial charge in [-0.1, -0.05) is 19.9 Å². The number of hydrogen-bond acceptors (Lipinski definition) is 4. The topological polar surface area (TPSA) is 65.6 Å². The minimum atomic E-state index is 0.393. The summed E-state index contributed by atoms with van der Waals surface area (Å²) in [5, 5.41) is 7.72. The number of H-pyrrole nitrogens is 1. The quantitative estimate of drug-likeness (QED) is 0.342. The number of aryl methyl sites for hydroxylation is 2. The molecular formula is C26H31N5. The Bertz CT molecular complexity index is 1170. The number of likely N-dealkylation sites (N-methyl/N-ethyl adjacent to an activating group) is 1. The minimum absolute atomic E-state index is 0.393. The molecule has 0 aliphatic rings. The molecule has 0 atom stereocenters. The second-order valence-electron chi connectivity index (χ2n) is 8.43. The first-order chi connectivity index (χ1) is 15.0. The number of aromatic amines is 1. The van der Waals surface area contributed by atoms with Crippen LogP contribution in [0.4, 0.5) is 5.82 Å². The summed E-state index contributed by atoms with van der Waals surface area (Å²) in [6, 6.07) is 15.1. The lowest BCUT2D eigenvalue weighted by atomic mass is 9.94. The molecule has 0 aliphatic heterocycles. The van der Waals surface area contributed by atoms with Crippen molar-refractivity contribution in [3.63, 3.8) is 0 Å². The number of benzene rings is 1. The lowest BCUT2D eigenvalue weighted by molar-refractivity contribution is 0.821. The first-order valence-corrected chi connectivity index (χ1v) is 10.9. The normalized spacial score (nSPS) is 11.4. The Kier molecular flexibility index (Phi) is 6.05. The van der Waals surface area contributed by atoms with Crippen molar-refractivity contribution < 1.29 is 0 Å². The molecule has 1 aromatic carbocycles. The van der Waals surface area contributed by atoms with E-state index in [1.165, 1.54) is 27.8 Å². The monoisotopic (exact) mass is 413 g/mol. The zero-order valence-corrected chi connectivity index (χ0v) is 19.0. The Labute approximate surface area is 184 Å². The van der Waals surface area contributed by atoms with Crippen LogP contribution in [0.2, 0.25) is 0 Å². The van der Waals surface area contributed by atoms with E-state index >= 15 is 0 Å². The van der Waals surface area contributed by atoms with E-state index in [1.807, 2.05) is 19.3 Å². The van der Waals surface area contributed by atoms with Gasteiger partial charge < -0.3 is 15.6 Å². The fourth-order valence-electron chi connectivity index (χ4n) is 4.18.